The van der Waals surface area contributed by atoms with E-state index in [1.165, 1.54) is 16.0 Å². The Morgan fingerprint density at radius 2 is 1.33 bits per heavy atom. The number of halogens is 1. The predicted octanol–water partition coefficient (Wildman–Crippen LogP) is 0.510. The van der Waals surface area contributed by atoms with Gasteiger partial charge in [0.05, 0.1) is 19.3 Å². The van der Waals surface area contributed by atoms with Crippen LogP contribution in [0.25, 0.3) is 0 Å². The molecule has 24 heavy (non-hydrogen) atoms. The van der Waals surface area contributed by atoms with Crippen LogP contribution in [0.3, 0.4) is 0 Å². The van der Waals surface area contributed by atoms with Crippen molar-refractivity contribution in [1.29, 1.82) is 0 Å². The van der Waals surface area contributed by atoms with Gasteiger partial charge in [-0.3, -0.25) is 10.0 Å². The second kappa shape index (κ2) is 9.62. The largest absolute Gasteiger partial charge is 1.00 e. The number of nitrogens with zero attached hydrogens (tertiary/aromatic N) is 2. The van der Waals surface area contributed by atoms with Gasteiger partial charge in [-0.15, -0.1) is 0 Å². The quantitative estimate of drug-likeness (QED) is 0.355. The van der Waals surface area contributed by atoms with E-state index in [1.807, 2.05) is 60.7 Å². The van der Waals surface area contributed by atoms with Crippen molar-refractivity contribution in [3.05, 3.63) is 89.6 Å². The van der Waals surface area contributed by atoms with Crippen molar-refractivity contribution in [2.24, 2.45) is 0 Å². The zero-order valence-electron chi connectivity index (χ0n) is 13.1. The van der Waals surface area contributed by atoms with Crippen LogP contribution in [-0.4, -0.2) is 15.8 Å². The fourth-order valence-corrected chi connectivity index (χ4v) is 2.31. The van der Waals surface area contributed by atoms with E-state index in [1.54, 1.807) is 0 Å². The predicted molar refractivity (Wildman–Crippen MR) is 81.6 cm³/mol. The molecule has 2 aromatic carbocycles. The molecular formula is C18H15IN2O2Zn-. The van der Waals surface area contributed by atoms with Crippen LogP contribution < -0.4 is 24.0 Å². The smallest absolute Gasteiger partial charge is 0.332 e. The molecule has 0 N–H and O–H groups in total. The molecular weight excluding hydrogens is 469 g/mol. The first-order valence-corrected chi connectivity index (χ1v) is 7.04. The second-order valence-corrected chi connectivity index (χ2v) is 5.05. The Balaban J connectivity index is 0.00000144. The first kappa shape index (κ1) is 20.4. The van der Waals surface area contributed by atoms with Gasteiger partial charge in [0.1, 0.15) is 0 Å². The Kier molecular flexibility index (Phi) is 8.19. The summed E-state index contributed by atoms with van der Waals surface area (Å²) < 4.78 is 0. The standard InChI is InChI=1S/C18H15N2O2.HI.Zn/c21-17-11-12-19(13-15-7-3-1-4-8-15)18(22)20(17)14-16-9-5-2-6-10-16;;/h1-10,12H,13-14H2;1H;/p-1. The van der Waals surface area contributed by atoms with Gasteiger partial charge < -0.3 is 24.0 Å². The Labute approximate surface area is 171 Å². The van der Waals surface area contributed by atoms with Crippen LogP contribution in [0, 0.1) is 0 Å². The van der Waals surface area contributed by atoms with Gasteiger partial charge in [-0.05, 0) is 16.9 Å². The molecule has 0 spiro atoms. The minimum Gasteiger partial charge on any atom is -1.00 e. The molecule has 2 amide bonds. The summed E-state index contributed by atoms with van der Waals surface area (Å²) in [5, 5.41) is 11.9. The molecule has 119 valence electrons. The molecule has 0 atom stereocenters. The van der Waals surface area contributed by atoms with Gasteiger partial charge in [-0.25, -0.2) is 9.69 Å². The second-order valence-electron chi connectivity index (χ2n) is 5.05. The number of amides is 2. The third kappa shape index (κ3) is 4.94. The van der Waals surface area contributed by atoms with Gasteiger partial charge in [0.2, 0.25) is 0 Å². The first-order chi connectivity index (χ1) is 10.7. The number of hydrogen-bond acceptors (Lipinski definition) is 1. The zero-order chi connectivity index (χ0) is 15.4. The first-order valence-electron chi connectivity index (χ1n) is 7.04. The summed E-state index contributed by atoms with van der Waals surface area (Å²) >= 11 is 0. The molecule has 1 heterocycles. The Morgan fingerprint density at radius 1 is 0.833 bits per heavy atom. The summed E-state index contributed by atoms with van der Waals surface area (Å²) in [7, 11) is 0. The fraction of sp³-hybridized carbons (Fsp3) is 0.111. The third-order valence-electron chi connectivity index (χ3n) is 3.44. The molecule has 4 nitrogen and oxygen atoms in total. The van der Waals surface area contributed by atoms with E-state index in [0.29, 0.717) is 6.54 Å². The molecule has 0 saturated heterocycles. The summed E-state index contributed by atoms with van der Waals surface area (Å²) in [6, 6.07) is 18.8. The van der Waals surface area contributed by atoms with Crippen molar-refractivity contribution >= 4 is 6.03 Å². The molecule has 3 rings (SSSR count). The van der Waals surface area contributed by atoms with Crippen molar-refractivity contribution in [2.75, 3.05) is 0 Å². The number of rotatable bonds is 4. The minimum atomic E-state index is -0.404. The van der Waals surface area contributed by atoms with Gasteiger partial charge in [-0.1, -0.05) is 60.7 Å². The topological polar surface area (TPSA) is 43.5 Å². The average Bonchev–Trinajstić information content (AvgIpc) is 2.56. The average molecular weight is 484 g/mol. The normalized spacial score (nSPS) is 13.0. The number of hydrogen-bond donors (Lipinski definition) is 0. The van der Waals surface area contributed by atoms with Crippen LogP contribution in [0.15, 0.2) is 78.5 Å². The summed E-state index contributed by atoms with van der Waals surface area (Å²) in [5.74, 6) is -0.404. The molecule has 1 aliphatic heterocycles. The maximum atomic E-state index is 12.5. The number of benzene rings is 2. The van der Waals surface area contributed by atoms with E-state index in [9.17, 15) is 9.90 Å². The van der Waals surface area contributed by atoms with E-state index in [2.05, 4.69) is 5.73 Å². The molecule has 0 aliphatic carbocycles. The molecule has 0 aromatic heterocycles. The molecule has 0 unspecified atom stereocenters. The molecule has 0 bridgehead atoms. The van der Waals surface area contributed by atoms with Crippen LogP contribution in [-0.2, 0) is 37.7 Å². The SMILES string of the molecule is [I-].[O]C1=C=CN(Cc2ccccc2)C(=O)N1Cc1ccccc1.[Zn]. The van der Waals surface area contributed by atoms with Crippen molar-refractivity contribution in [3.63, 3.8) is 0 Å². The fourth-order valence-electron chi connectivity index (χ4n) is 2.31. The van der Waals surface area contributed by atoms with E-state index < -0.39 is 5.88 Å². The maximum absolute atomic E-state index is 12.5. The van der Waals surface area contributed by atoms with Crippen LogP contribution >= 0.6 is 0 Å². The van der Waals surface area contributed by atoms with Crippen LogP contribution in [0.5, 0.6) is 0 Å². The molecule has 0 fully saturated rings. The molecule has 0 saturated carbocycles. The number of urea groups is 1. The van der Waals surface area contributed by atoms with E-state index in [-0.39, 0.29) is 56.0 Å². The summed E-state index contributed by atoms with van der Waals surface area (Å²) in [4.78, 5) is 15.2. The van der Waals surface area contributed by atoms with E-state index in [0.717, 1.165) is 11.1 Å². The maximum Gasteiger partial charge on any atom is 0.332 e. The van der Waals surface area contributed by atoms with Crippen molar-refractivity contribution in [3.8, 4) is 0 Å². The van der Waals surface area contributed by atoms with Crippen molar-refractivity contribution in [1.82, 2.24) is 9.80 Å². The number of carbonyl (C=O) groups excluding carboxylic acids is 1. The number of carbonyl (C=O) groups is 1. The minimum absolute atomic E-state index is 0. The third-order valence-corrected chi connectivity index (χ3v) is 3.44. The zero-order valence-corrected chi connectivity index (χ0v) is 18.2. The Morgan fingerprint density at radius 3 is 1.88 bits per heavy atom. The monoisotopic (exact) mass is 482 g/mol. The van der Waals surface area contributed by atoms with Gasteiger partial charge in [-0.2, -0.15) is 0 Å². The van der Waals surface area contributed by atoms with Crippen LogP contribution in [0.2, 0.25) is 0 Å². The molecule has 6 heteroatoms. The Hall–Kier alpha value is -1.62. The molecule has 1 radical (unpaired) electrons. The van der Waals surface area contributed by atoms with E-state index in [4.69, 9.17) is 0 Å². The van der Waals surface area contributed by atoms with Crippen LogP contribution in [0.1, 0.15) is 11.1 Å². The summed E-state index contributed by atoms with van der Waals surface area (Å²) in [5.41, 5.74) is 4.53. The Bertz CT molecular complexity index is 731. The summed E-state index contributed by atoms with van der Waals surface area (Å²) in [6.45, 7) is 0.676. The van der Waals surface area contributed by atoms with Crippen molar-refractivity contribution in [2.45, 2.75) is 13.1 Å². The van der Waals surface area contributed by atoms with Crippen LogP contribution in [0.4, 0.5) is 4.79 Å². The summed E-state index contributed by atoms with van der Waals surface area (Å²) in [6.07, 6.45) is 1.43. The van der Waals surface area contributed by atoms with Gasteiger partial charge in [0, 0.05) is 19.5 Å². The van der Waals surface area contributed by atoms with Gasteiger partial charge >= 0.3 is 11.9 Å². The van der Waals surface area contributed by atoms with Gasteiger partial charge in [0.15, 0.2) is 0 Å². The van der Waals surface area contributed by atoms with Crippen molar-refractivity contribution < 1.29 is 53.4 Å². The van der Waals surface area contributed by atoms with Gasteiger partial charge in [0.25, 0.3) is 0 Å². The molecule has 1 aliphatic rings. The van der Waals surface area contributed by atoms with E-state index >= 15 is 0 Å². The molecule has 2 aromatic rings.